The lowest BCUT2D eigenvalue weighted by Gasteiger charge is -2.19. The second-order valence-corrected chi connectivity index (χ2v) is 6.54. The largest absolute Gasteiger partial charge is 0.383 e. The Balaban J connectivity index is 2.48. The third-order valence-corrected chi connectivity index (χ3v) is 3.45. The van der Waals surface area contributed by atoms with Crippen LogP contribution >= 0.6 is 11.6 Å². The van der Waals surface area contributed by atoms with Gasteiger partial charge in [-0.05, 0) is 29.5 Å². The van der Waals surface area contributed by atoms with E-state index in [1.165, 1.54) is 5.56 Å². The SMILES string of the molecule is COCC(Cl)CCNC(=O)c1ccc(C(C)(C)C)cc1. The van der Waals surface area contributed by atoms with E-state index >= 15 is 0 Å². The fourth-order valence-corrected chi connectivity index (χ4v) is 2.07. The molecule has 0 spiro atoms. The molecule has 3 nitrogen and oxygen atoms in total. The second kappa shape index (κ2) is 7.65. The van der Waals surface area contributed by atoms with Crippen molar-refractivity contribution in [1.82, 2.24) is 5.32 Å². The summed E-state index contributed by atoms with van der Waals surface area (Å²) in [5.74, 6) is -0.0632. The molecular weight excluding hydrogens is 274 g/mol. The molecule has 0 heterocycles. The number of hydrogen-bond acceptors (Lipinski definition) is 2. The van der Waals surface area contributed by atoms with Gasteiger partial charge in [-0.2, -0.15) is 0 Å². The zero-order valence-corrected chi connectivity index (χ0v) is 13.5. The number of carbonyl (C=O) groups excluding carboxylic acids is 1. The Hall–Kier alpha value is -1.06. The normalized spacial score (nSPS) is 13.1. The van der Waals surface area contributed by atoms with E-state index in [0.717, 1.165) is 0 Å². The minimum absolute atomic E-state index is 0.0632. The topological polar surface area (TPSA) is 38.3 Å². The molecule has 0 saturated carbocycles. The number of amides is 1. The first-order chi connectivity index (χ1) is 9.34. The minimum Gasteiger partial charge on any atom is -0.383 e. The van der Waals surface area contributed by atoms with E-state index in [2.05, 4.69) is 26.1 Å². The lowest BCUT2D eigenvalue weighted by molar-refractivity contribution is 0.0951. The molecule has 1 atom stereocenters. The van der Waals surface area contributed by atoms with Crippen molar-refractivity contribution in [3.8, 4) is 0 Å². The van der Waals surface area contributed by atoms with Crippen LogP contribution in [0.5, 0.6) is 0 Å². The summed E-state index contributed by atoms with van der Waals surface area (Å²) in [6.45, 7) is 7.50. The summed E-state index contributed by atoms with van der Waals surface area (Å²) in [6.07, 6.45) is 0.696. The lowest BCUT2D eigenvalue weighted by atomic mass is 9.87. The second-order valence-electron chi connectivity index (χ2n) is 5.92. The number of rotatable bonds is 6. The Morgan fingerprint density at radius 2 is 1.90 bits per heavy atom. The van der Waals surface area contributed by atoms with Crippen LogP contribution in [0.2, 0.25) is 0 Å². The van der Waals surface area contributed by atoms with Crippen molar-refractivity contribution in [1.29, 1.82) is 0 Å². The maximum atomic E-state index is 12.0. The summed E-state index contributed by atoms with van der Waals surface area (Å²) in [6, 6.07) is 7.74. The van der Waals surface area contributed by atoms with Gasteiger partial charge in [-0.15, -0.1) is 11.6 Å². The van der Waals surface area contributed by atoms with Crippen molar-refractivity contribution >= 4 is 17.5 Å². The average molecular weight is 298 g/mol. The van der Waals surface area contributed by atoms with Crippen LogP contribution in [0.15, 0.2) is 24.3 Å². The summed E-state index contributed by atoms with van der Waals surface area (Å²) in [5, 5.41) is 2.80. The number of hydrogen-bond donors (Lipinski definition) is 1. The van der Waals surface area contributed by atoms with E-state index in [1.807, 2.05) is 24.3 Å². The standard InChI is InChI=1S/C16H24ClNO2/c1-16(2,3)13-7-5-12(6-8-13)15(19)18-10-9-14(17)11-20-4/h5-8,14H,9-11H2,1-4H3,(H,18,19). The quantitative estimate of drug-likeness (QED) is 0.818. The van der Waals surface area contributed by atoms with Gasteiger partial charge < -0.3 is 10.1 Å². The van der Waals surface area contributed by atoms with Crippen LogP contribution in [0, 0.1) is 0 Å². The third kappa shape index (κ3) is 5.51. The molecule has 1 amide bonds. The summed E-state index contributed by atoms with van der Waals surface area (Å²) >= 11 is 6.01. The van der Waals surface area contributed by atoms with E-state index in [-0.39, 0.29) is 16.7 Å². The maximum absolute atomic E-state index is 12.0. The third-order valence-electron chi connectivity index (χ3n) is 3.10. The van der Waals surface area contributed by atoms with Gasteiger partial charge in [0.15, 0.2) is 0 Å². The molecule has 0 bridgehead atoms. The van der Waals surface area contributed by atoms with Gasteiger partial charge in [-0.3, -0.25) is 4.79 Å². The van der Waals surface area contributed by atoms with Crippen molar-refractivity contribution in [2.75, 3.05) is 20.3 Å². The summed E-state index contributed by atoms with van der Waals surface area (Å²) < 4.78 is 4.95. The van der Waals surface area contributed by atoms with Crippen LogP contribution < -0.4 is 5.32 Å². The first-order valence-electron chi connectivity index (χ1n) is 6.86. The first kappa shape index (κ1) is 17.0. The molecule has 0 aromatic heterocycles. The van der Waals surface area contributed by atoms with Crippen molar-refractivity contribution in [2.24, 2.45) is 0 Å². The molecule has 0 aliphatic rings. The van der Waals surface area contributed by atoms with E-state index < -0.39 is 0 Å². The van der Waals surface area contributed by atoms with E-state index in [1.54, 1.807) is 7.11 Å². The Morgan fingerprint density at radius 3 is 2.40 bits per heavy atom. The number of nitrogens with one attached hydrogen (secondary N) is 1. The number of halogens is 1. The fraction of sp³-hybridized carbons (Fsp3) is 0.562. The van der Waals surface area contributed by atoms with Gasteiger partial charge in [0.2, 0.25) is 0 Å². The summed E-state index contributed by atoms with van der Waals surface area (Å²) in [4.78, 5) is 12.0. The van der Waals surface area contributed by atoms with Gasteiger partial charge in [0.1, 0.15) is 0 Å². The van der Waals surface area contributed by atoms with Gasteiger partial charge in [0.25, 0.3) is 5.91 Å². The highest BCUT2D eigenvalue weighted by Gasteiger charge is 2.14. The zero-order chi connectivity index (χ0) is 15.2. The highest BCUT2D eigenvalue weighted by molar-refractivity contribution is 6.20. The first-order valence-corrected chi connectivity index (χ1v) is 7.30. The van der Waals surface area contributed by atoms with Crippen LogP contribution in [-0.4, -0.2) is 31.5 Å². The number of benzene rings is 1. The number of alkyl halides is 1. The van der Waals surface area contributed by atoms with Crippen LogP contribution in [0.25, 0.3) is 0 Å². The Morgan fingerprint density at radius 1 is 1.30 bits per heavy atom. The molecular formula is C16H24ClNO2. The molecule has 1 aromatic rings. The van der Waals surface area contributed by atoms with Gasteiger partial charge >= 0.3 is 0 Å². The van der Waals surface area contributed by atoms with Crippen molar-refractivity contribution in [3.63, 3.8) is 0 Å². The highest BCUT2D eigenvalue weighted by atomic mass is 35.5. The van der Waals surface area contributed by atoms with Crippen LogP contribution in [0.3, 0.4) is 0 Å². The van der Waals surface area contributed by atoms with Crippen LogP contribution in [0.4, 0.5) is 0 Å². The van der Waals surface area contributed by atoms with Crippen LogP contribution in [0.1, 0.15) is 43.1 Å². The Labute approximate surface area is 126 Å². The fourth-order valence-electron chi connectivity index (χ4n) is 1.83. The minimum atomic E-state index is -0.0661. The molecule has 0 radical (unpaired) electrons. The number of carbonyl (C=O) groups is 1. The molecule has 0 saturated heterocycles. The number of methoxy groups -OCH3 is 1. The van der Waals surface area contributed by atoms with Gasteiger partial charge in [-0.25, -0.2) is 0 Å². The summed E-state index contributed by atoms with van der Waals surface area (Å²) in [7, 11) is 1.62. The molecule has 1 unspecified atom stereocenters. The van der Waals surface area contributed by atoms with Crippen molar-refractivity contribution < 1.29 is 9.53 Å². The average Bonchev–Trinajstić information content (AvgIpc) is 2.38. The van der Waals surface area contributed by atoms with Gasteiger partial charge in [-0.1, -0.05) is 32.9 Å². The highest BCUT2D eigenvalue weighted by Crippen LogP contribution is 2.22. The molecule has 112 valence electrons. The Bertz CT molecular complexity index is 423. The smallest absolute Gasteiger partial charge is 0.251 e. The molecule has 1 rings (SSSR count). The molecule has 0 aliphatic carbocycles. The van der Waals surface area contributed by atoms with E-state index in [9.17, 15) is 4.79 Å². The lowest BCUT2D eigenvalue weighted by Crippen LogP contribution is -2.27. The number of ether oxygens (including phenoxy) is 1. The predicted molar refractivity (Wildman–Crippen MR) is 83.6 cm³/mol. The van der Waals surface area contributed by atoms with E-state index in [4.69, 9.17) is 16.3 Å². The van der Waals surface area contributed by atoms with Crippen molar-refractivity contribution in [2.45, 2.75) is 38.0 Å². The Kier molecular flexibility index (Phi) is 6.50. The molecule has 20 heavy (non-hydrogen) atoms. The monoisotopic (exact) mass is 297 g/mol. The van der Waals surface area contributed by atoms with Crippen molar-refractivity contribution in [3.05, 3.63) is 35.4 Å². The van der Waals surface area contributed by atoms with Gasteiger partial charge in [0, 0.05) is 19.2 Å². The molecule has 4 heteroatoms. The maximum Gasteiger partial charge on any atom is 0.251 e. The van der Waals surface area contributed by atoms with Gasteiger partial charge in [0.05, 0.1) is 12.0 Å². The van der Waals surface area contributed by atoms with E-state index in [0.29, 0.717) is 25.1 Å². The predicted octanol–water partition coefficient (Wildman–Crippen LogP) is 3.36. The molecule has 1 aromatic carbocycles. The van der Waals surface area contributed by atoms with Crippen LogP contribution in [-0.2, 0) is 10.2 Å². The molecule has 0 aliphatic heterocycles. The molecule has 0 fully saturated rings. The molecule has 1 N–H and O–H groups in total. The zero-order valence-electron chi connectivity index (χ0n) is 12.7. The summed E-state index contributed by atoms with van der Waals surface area (Å²) in [5.41, 5.74) is 1.99.